The topological polar surface area (TPSA) is 65.8 Å². The second-order valence-electron chi connectivity index (χ2n) is 3.43. The van der Waals surface area contributed by atoms with Crippen LogP contribution in [-0.4, -0.2) is 20.3 Å². The molecule has 2 aromatic rings. The van der Waals surface area contributed by atoms with Gasteiger partial charge >= 0.3 is 0 Å². The van der Waals surface area contributed by atoms with Gasteiger partial charge in [0.25, 0.3) is 5.91 Å². The summed E-state index contributed by atoms with van der Waals surface area (Å²) in [6.45, 7) is 1.80. The molecule has 0 spiro atoms. The number of hydrogen-bond donors (Lipinski definition) is 1. The third-order valence-corrected chi connectivity index (χ3v) is 2.21. The zero-order valence-electron chi connectivity index (χ0n) is 8.64. The Hall–Kier alpha value is -2.04. The van der Waals surface area contributed by atoms with Crippen LogP contribution in [0.15, 0.2) is 24.4 Å². The highest BCUT2D eigenvalue weighted by Gasteiger charge is 2.15. The molecule has 2 N–H and O–H groups in total. The van der Waals surface area contributed by atoms with Gasteiger partial charge in [-0.15, -0.1) is 0 Å². The van der Waals surface area contributed by atoms with Crippen molar-refractivity contribution in [3.8, 4) is 0 Å². The molecule has 0 atom stereocenters. The largest absolute Gasteiger partial charge is 0.383 e. The molecule has 0 amide bonds. The Morgan fingerprint density at radius 3 is 2.73 bits per heavy atom. The first kappa shape index (κ1) is 9.51. The molecule has 0 radical (unpaired) electrons. The molecule has 0 aliphatic rings. The zero-order chi connectivity index (χ0) is 11.0. The van der Waals surface area contributed by atoms with Gasteiger partial charge in [0, 0.05) is 19.3 Å². The fourth-order valence-electron chi connectivity index (χ4n) is 1.47. The van der Waals surface area contributed by atoms with Gasteiger partial charge in [-0.05, 0) is 19.1 Å². The van der Waals surface area contributed by atoms with Crippen LogP contribution in [0.25, 0.3) is 0 Å². The van der Waals surface area contributed by atoms with Crippen LogP contribution in [-0.2, 0) is 7.05 Å². The first-order valence-electron chi connectivity index (χ1n) is 4.58. The molecule has 5 heteroatoms. The first-order valence-corrected chi connectivity index (χ1v) is 4.58. The summed E-state index contributed by atoms with van der Waals surface area (Å²) in [6, 6.07) is 5.21. The molecule has 0 aromatic carbocycles. The summed E-state index contributed by atoms with van der Waals surface area (Å²) in [7, 11) is 1.81. The van der Waals surface area contributed by atoms with E-state index in [2.05, 4.69) is 5.10 Å². The van der Waals surface area contributed by atoms with E-state index in [1.54, 1.807) is 42.9 Å². The van der Waals surface area contributed by atoms with E-state index in [0.717, 1.165) is 5.69 Å². The fourth-order valence-corrected chi connectivity index (χ4v) is 1.47. The summed E-state index contributed by atoms with van der Waals surface area (Å²) in [4.78, 5) is 12.0. The van der Waals surface area contributed by atoms with Crippen LogP contribution in [0.1, 0.15) is 16.2 Å². The Kier molecular flexibility index (Phi) is 2.07. The van der Waals surface area contributed by atoms with Crippen molar-refractivity contribution in [2.24, 2.45) is 7.05 Å². The van der Waals surface area contributed by atoms with Gasteiger partial charge in [0.05, 0.1) is 5.69 Å². The Bertz CT molecular complexity index is 509. The van der Waals surface area contributed by atoms with E-state index in [-0.39, 0.29) is 5.91 Å². The van der Waals surface area contributed by atoms with Crippen molar-refractivity contribution in [3.63, 3.8) is 0 Å². The highest BCUT2D eigenvalue weighted by Crippen LogP contribution is 2.09. The SMILES string of the molecule is Cc1cc(N)n(C(=O)c2cccn2C)n1. The lowest BCUT2D eigenvalue weighted by Crippen LogP contribution is -2.18. The molecule has 0 bridgehead atoms. The molecular weight excluding hydrogens is 192 g/mol. The monoisotopic (exact) mass is 204 g/mol. The molecule has 78 valence electrons. The predicted molar refractivity (Wildman–Crippen MR) is 56.5 cm³/mol. The van der Waals surface area contributed by atoms with Crippen LogP contribution in [0.2, 0.25) is 0 Å². The van der Waals surface area contributed by atoms with Gasteiger partial charge in [0.2, 0.25) is 0 Å². The molecule has 0 aliphatic carbocycles. The minimum Gasteiger partial charge on any atom is -0.383 e. The van der Waals surface area contributed by atoms with Gasteiger partial charge < -0.3 is 10.3 Å². The molecule has 5 nitrogen and oxygen atoms in total. The molecule has 0 unspecified atom stereocenters. The van der Waals surface area contributed by atoms with Crippen molar-refractivity contribution in [2.45, 2.75) is 6.92 Å². The number of nitrogen functional groups attached to an aromatic ring is 1. The Morgan fingerprint density at radius 1 is 1.53 bits per heavy atom. The van der Waals surface area contributed by atoms with Crippen molar-refractivity contribution < 1.29 is 4.79 Å². The molecule has 2 aromatic heterocycles. The standard InChI is InChI=1S/C10H12N4O/c1-7-6-9(11)14(12-7)10(15)8-4-3-5-13(8)2/h3-6H,11H2,1-2H3. The lowest BCUT2D eigenvalue weighted by Gasteiger charge is -2.03. The van der Waals surface area contributed by atoms with E-state index in [1.807, 2.05) is 0 Å². The van der Waals surface area contributed by atoms with E-state index >= 15 is 0 Å². The van der Waals surface area contributed by atoms with Crippen LogP contribution >= 0.6 is 0 Å². The highest BCUT2D eigenvalue weighted by molar-refractivity contribution is 5.95. The van der Waals surface area contributed by atoms with Crippen LogP contribution < -0.4 is 5.73 Å². The number of rotatable bonds is 1. The van der Waals surface area contributed by atoms with Gasteiger partial charge in [0.1, 0.15) is 11.5 Å². The number of aromatic nitrogens is 3. The summed E-state index contributed by atoms with van der Waals surface area (Å²) in [5, 5.41) is 4.04. The van der Waals surface area contributed by atoms with E-state index in [1.165, 1.54) is 4.68 Å². The second-order valence-corrected chi connectivity index (χ2v) is 3.43. The van der Waals surface area contributed by atoms with Crippen LogP contribution in [0.3, 0.4) is 0 Å². The number of nitrogens with two attached hydrogens (primary N) is 1. The maximum atomic E-state index is 12.0. The third-order valence-electron chi connectivity index (χ3n) is 2.21. The Labute approximate surface area is 87.1 Å². The lowest BCUT2D eigenvalue weighted by atomic mass is 10.4. The Morgan fingerprint density at radius 2 is 2.27 bits per heavy atom. The van der Waals surface area contributed by atoms with Crippen LogP contribution in [0.5, 0.6) is 0 Å². The normalized spacial score (nSPS) is 10.5. The molecule has 2 rings (SSSR count). The van der Waals surface area contributed by atoms with E-state index in [4.69, 9.17) is 5.73 Å². The van der Waals surface area contributed by atoms with E-state index in [0.29, 0.717) is 11.5 Å². The second kappa shape index (κ2) is 3.27. The van der Waals surface area contributed by atoms with Crippen molar-refractivity contribution in [1.82, 2.24) is 14.3 Å². The van der Waals surface area contributed by atoms with Gasteiger partial charge in [0.15, 0.2) is 0 Å². The quantitative estimate of drug-likeness (QED) is 0.747. The summed E-state index contributed by atoms with van der Waals surface area (Å²) in [5.41, 5.74) is 6.96. The van der Waals surface area contributed by atoms with Crippen LogP contribution in [0, 0.1) is 6.92 Å². The minimum absolute atomic E-state index is 0.215. The summed E-state index contributed by atoms with van der Waals surface area (Å²) >= 11 is 0. The average Bonchev–Trinajstić information content (AvgIpc) is 2.71. The number of hydrogen-bond acceptors (Lipinski definition) is 3. The maximum Gasteiger partial charge on any atom is 0.296 e. The smallest absolute Gasteiger partial charge is 0.296 e. The fraction of sp³-hybridized carbons (Fsp3) is 0.200. The molecule has 15 heavy (non-hydrogen) atoms. The number of anilines is 1. The number of carbonyl (C=O) groups excluding carboxylic acids is 1. The van der Waals surface area contributed by atoms with Crippen molar-refractivity contribution >= 4 is 11.7 Å². The number of nitrogens with zero attached hydrogens (tertiary/aromatic N) is 3. The van der Waals surface area contributed by atoms with Gasteiger partial charge in [-0.25, -0.2) is 0 Å². The lowest BCUT2D eigenvalue weighted by molar-refractivity contribution is 0.0939. The highest BCUT2D eigenvalue weighted by atomic mass is 16.2. The van der Waals surface area contributed by atoms with Crippen LogP contribution in [0.4, 0.5) is 5.82 Å². The summed E-state index contributed by atoms with van der Waals surface area (Å²) < 4.78 is 2.95. The Balaban J connectivity index is 2.45. The first-order chi connectivity index (χ1) is 7.09. The molecular formula is C10H12N4O. The maximum absolute atomic E-state index is 12.0. The molecule has 0 aliphatic heterocycles. The van der Waals surface area contributed by atoms with Crippen molar-refractivity contribution in [2.75, 3.05) is 5.73 Å². The molecule has 0 saturated heterocycles. The van der Waals surface area contributed by atoms with E-state index in [9.17, 15) is 4.79 Å². The third kappa shape index (κ3) is 1.52. The molecule has 0 fully saturated rings. The van der Waals surface area contributed by atoms with Crippen molar-refractivity contribution in [3.05, 3.63) is 35.8 Å². The van der Waals surface area contributed by atoms with Crippen molar-refractivity contribution in [1.29, 1.82) is 0 Å². The summed E-state index contributed by atoms with van der Waals surface area (Å²) in [5.74, 6) is 0.145. The average molecular weight is 204 g/mol. The van der Waals surface area contributed by atoms with E-state index < -0.39 is 0 Å². The zero-order valence-corrected chi connectivity index (χ0v) is 8.64. The predicted octanol–water partition coefficient (Wildman–Crippen LogP) is 0.801. The molecule has 0 saturated carbocycles. The summed E-state index contributed by atoms with van der Waals surface area (Å²) in [6.07, 6.45) is 1.81. The minimum atomic E-state index is -0.215. The van der Waals surface area contributed by atoms with Gasteiger partial charge in [-0.2, -0.15) is 9.78 Å². The van der Waals surface area contributed by atoms with Gasteiger partial charge in [-0.3, -0.25) is 4.79 Å². The number of carbonyl (C=O) groups is 1. The molecule has 2 heterocycles. The number of aryl methyl sites for hydroxylation is 2. The van der Waals surface area contributed by atoms with Gasteiger partial charge in [-0.1, -0.05) is 0 Å².